The number of piperidine rings is 1. The van der Waals surface area contributed by atoms with Gasteiger partial charge in [-0.3, -0.25) is 9.78 Å². The first-order chi connectivity index (χ1) is 9.88. The number of aromatic nitrogens is 1. The van der Waals surface area contributed by atoms with E-state index in [4.69, 9.17) is 0 Å². The third-order valence-corrected chi connectivity index (χ3v) is 5.73. The second-order valence-corrected chi connectivity index (χ2v) is 7.77. The van der Waals surface area contributed by atoms with E-state index in [2.05, 4.69) is 4.98 Å². The van der Waals surface area contributed by atoms with Crippen LogP contribution in [0.1, 0.15) is 22.5 Å². The van der Waals surface area contributed by atoms with Gasteiger partial charge >= 0.3 is 0 Å². The standard InChI is InChI=1S/C14H19N3O3S/c1-10-12(4-3-6-15-10)14(18)16-7-5-11-8-17(13(11)9-16)21(2,19)20/h3-4,6,11,13H,5,7-9H2,1-2H3/t11-,13-/m1/s1. The van der Waals surface area contributed by atoms with Crippen molar-refractivity contribution >= 4 is 15.9 Å². The summed E-state index contributed by atoms with van der Waals surface area (Å²) in [5, 5.41) is 0. The van der Waals surface area contributed by atoms with Crippen LogP contribution in [0.15, 0.2) is 18.3 Å². The van der Waals surface area contributed by atoms with Crippen LogP contribution in [0.4, 0.5) is 0 Å². The second kappa shape index (κ2) is 5.06. The molecule has 1 amide bonds. The first kappa shape index (κ1) is 14.5. The topological polar surface area (TPSA) is 70.6 Å². The highest BCUT2D eigenvalue weighted by molar-refractivity contribution is 7.88. The summed E-state index contributed by atoms with van der Waals surface area (Å²) >= 11 is 0. The molecule has 2 saturated heterocycles. The van der Waals surface area contributed by atoms with Crippen LogP contribution in [-0.2, 0) is 10.0 Å². The zero-order valence-corrected chi connectivity index (χ0v) is 13.0. The van der Waals surface area contributed by atoms with Gasteiger partial charge in [-0.1, -0.05) is 0 Å². The van der Waals surface area contributed by atoms with Gasteiger partial charge < -0.3 is 4.90 Å². The first-order valence-electron chi connectivity index (χ1n) is 7.05. The Morgan fingerprint density at radius 3 is 2.81 bits per heavy atom. The number of nitrogens with zero attached hydrogens (tertiary/aromatic N) is 3. The largest absolute Gasteiger partial charge is 0.337 e. The minimum absolute atomic E-state index is 0.0561. The lowest BCUT2D eigenvalue weighted by atomic mass is 9.84. The van der Waals surface area contributed by atoms with Crippen molar-refractivity contribution in [3.63, 3.8) is 0 Å². The summed E-state index contributed by atoms with van der Waals surface area (Å²) in [7, 11) is -3.18. The molecule has 3 heterocycles. The number of hydrogen-bond acceptors (Lipinski definition) is 4. The second-order valence-electron chi connectivity index (χ2n) is 5.84. The maximum atomic E-state index is 12.6. The Morgan fingerprint density at radius 1 is 1.38 bits per heavy atom. The lowest BCUT2D eigenvalue weighted by Crippen LogP contribution is -2.65. The van der Waals surface area contributed by atoms with Crippen LogP contribution in [0.5, 0.6) is 0 Å². The molecular formula is C14H19N3O3S. The van der Waals surface area contributed by atoms with Crippen molar-refractivity contribution in [2.75, 3.05) is 25.9 Å². The van der Waals surface area contributed by atoms with Gasteiger partial charge in [0, 0.05) is 37.6 Å². The van der Waals surface area contributed by atoms with E-state index in [1.54, 1.807) is 23.2 Å². The highest BCUT2D eigenvalue weighted by Crippen LogP contribution is 2.34. The first-order valence-corrected chi connectivity index (χ1v) is 8.90. The van der Waals surface area contributed by atoms with Crippen molar-refractivity contribution in [1.29, 1.82) is 0 Å². The Labute approximate surface area is 124 Å². The molecule has 0 aliphatic carbocycles. The molecule has 7 heteroatoms. The molecule has 1 aromatic rings. The molecule has 2 aliphatic heterocycles. The Morgan fingerprint density at radius 2 is 2.14 bits per heavy atom. The van der Waals surface area contributed by atoms with E-state index in [0.29, 0.717) is 36.8 Å². The number of likely N-dealkylation sites (tertiary alicyclic amines) is 1. The molecule has 1 aromatic heterocycles. The van der Waals surface area contributed by atoms with E-state index in [1.165, 1.54) is 10.6 Å². The molecule has 0 unspecified atom stereocenters. The van der Waals surface area contributed by atoms with E-state index in [0.717, 1.165) is 6.42 Å². The van der Waals surface area contributed by atoms with Crippen molar-refractivity contribution in [3.8, 4) is 0 Å². The highest BCUT2D eigenvalue weighted by atomic mass is 32.2. The summed E-state index contributed by atoms with van der Waals surface area (Å²) in [6, 6.07) is 3.46. The summed E-state index contributed by atoms with van der Waals surface area (Å²) in [6.07, 6.45) is 3.76. The Balaban J connectivity index is 1.76. The van der Waals surface area contributed by atoms with Crippen LogP contribution >= 0.6 is 0 Å². The molecule has 114 valence electrons. The van der Waals surface area contributed by atoms with Crippen molar-refractivity contribution in [2.24, 2.45) is 5.92 Å². The van der Waals surface area contributed by atoms with Gasteiger partial charge in [-0.15, -0.1) is 0 Å². The van der Waals surface area contributed by atoms with Gasteiger partial charge in [0.2, 0.25) is 10.0 Å². The molecule has 6 nitrogen and oxygen atoms in total. The molecule has 0 aromatic carbocycles. The maximum Gasteiger partial charge on any atom is 0.255 e. The highest BCUT2D eigenvalue weighted by Gasteiger charge is 2.47. The van der Waals surface area contributed by atoms with Crippen LogP contribution in [0.25, 0.3) is 0 Å². The smallest absolute Gasteiger partial charge is 0.255 e. The van der Waals surface area contributed by atoms with Crippen LogP contribution in [0.2, 0.25) is 0 Å². The fourth-order valence-electron chi connectivity index (χ4n) is 3.19. The molecule has 0 radical (unpaired) electrons. The third kappa shape index (κ3) is 2.55. The monoisotopic (exact) mass is 309 g/mol. The number of hydrogen-bond donors (Lipinski definition) is 0. The van der Waals surface area contributed by atoms with Gasteiger partial charge in [0.15, 0.2) is 0 Å². The van der Waals surface area contributed by atoms with Crippen LogP contribution < -0.4 is 0 Å². The maximum absolute atomic E-state index is 12.6. The number of pyridine rings is 1. The molecule has 2 atom stereocenters. The molecule has 2 fully saturated rings. The Bertz CT molecular complexity index is 674. The summed E-state index contributed by atoms with van der Waals surface area (Å²) in [5.74, 6) is 0.332. The van der Waals surface area contributed by atoms with E-state index in [-0.39, 0.29) is 11.9 Å². The lowest BCUT2D eigenvalue weighted by molar-refractivity contribution is 0.0140. The van der Waals surface area contributed by atoms with E-state index < -0.39 is 10.0 Å². The number of carbonyl (C=O) groups is 1. The van der Waals surface area contributed by atoms with Gasteiger partial charge in [0.1, 0.15) is 0 Å². The molecule has 0 bridgehead atoms. The van der Waals surface area contributed by atoms with Crippen molar-refractivity contribution in [3.05, 3.63) is 29.6 Å². The minimum atomic E-state index is -3.18. The van der Waals surface area contributed by atoms with Crippen molar-refractivity contribution in [1.82, 2.24) is 14.2 Å². The molecule has 21 heavy (non-hydrogen) atoms. The van der Waals surface area contributed by atoms with E-state index >= 15 is 0 Å². The number of sulfonamides is 1. The molecular weight excluding hydrogens is 290 g/mol. The zero-order valence-electron chi connectivity index (χ0n) is 12.2. The Hall–Kier alpha value is -1.47. The van der Waals surface area contributed by atoms with Crippen LogP contribution in [0.3, 0.4) is 0 Å². The fraction of sp³-hybridized carbons (Fsp3) is 0.571. The van der Waals surface area contributed by atoms with Gasteiger partial charge in [0.05, 0.1) is 11.8 Å². The van der Waals surface area contributed by atoms with Gasteiger partial charge in [-0.2, -0.15) is 4.31 Å². The summed E-state index contributed by atoms with van der Waals surface area (Å²) < 4.78 is 24.9. The predicted octanol–water partition coefficient (Wildman–Crippen LogP) is 0.496. The molecule has 2 aliphatic rings. The quantitative estimate of drug-likeness (QED) is 0.797. The van der Waals surface area contributed by atoms with E-state index in [9.17, 15) is 13.2 Å². The number of carbonyl (C=O) groups excluding carboxylic acids is 1. The van der Waals surface area contributed by atoms with Crippen LogP contribution in [0, 0.1) is 12.8 Å². The molecule has 0 N–H and O–H groups in total. The predicted molar refractivity (Wildman–Crippen MR) is 78.3 cm³/mol. The molecule has 0 saturated carbocycles. The van der Waals surface area contributed by atoms with Crippen molar-refractivity contribution < 1.29 is 13.2 Å². The van der Waals surface area contributed by atoms with Crippen LogP contribution in [-0.4, -0.2) is 60.4 Å². The number of fused-ring (bicyclic) bond motifs is 1. The van der Waals surface area contributed by atoms with Gasteiger partial charge in [-0.25, -0.2) is 8.42 Å². The summed E-state index contributed by atoms with van der Waals surface area (Å²) in [4.78, 5) is 18.5. The Kier molecular flexibility index (Phi) is 3.49. The molecule has 0 spiro atoms. The minimum Gasteiger partial charge on any atom is -0.337 e. The average Bonchev–Trinajstić information content (AvgIpc) is 2.38. The summed E-state index contributed by atoms with van der Waals surface area (Å²) in [5.41, 5.74) is 1.30. The number of rotatable bonds is 2. The zero-order chi connectivity index (χ0) is 15.2. The van der Waals surface area contributed by atoms with E-state index in [1.807, 2.05) is 6.92 Å². The normalized spacial score (nSPS) is 26.1. The van der Waals surface area contributed by atoms with Gasteiger partial charge in [0.25, 0.3) is 5.91 Å². The average molecular weight is 309 g/mol. The SMILES string of the molecule is Cc1ncccc1C(=O)N1CC[C@@H]2CN(S(C)(=O)=O)[C@@H]2C1. The molecule has 3 rings (SSSR count). The van der Waals surface area contributed by atoms with Gasteiger partial charge in [-0.05, 0) is 31.4 Å². The lowest BCUT2D eigenvalue weighted by Gasteiger charge is -2.51. The third-order valence-electron chi connectivity index (χ3n) is 4.46. The number of amides is 1. The fourth-order valence-corrected chi connectivity index (χ4v) is 4.39. The summed E-state index contributed by atoms with van der Waals surface area (Å²) in [6.45, 7) is 3.57. The van der Waals surface area contributed by atoms with Crippen molar-refractivity contribution in [2.45, 2.75) is 19.4 Å². The number of aryl methyl sites for hydroxylation is 1.